The van der Waals surface area contributed by atoms with Gasteiger partial charge < -0.3 is 15.4 Å². The molecule has 0 bridgehead atoms. The van der Waals surface area contributed by atoms with E-state index in [4.69, 9.17) is 11.6 Å². The summed E-state index contributed by atoms with van der Waals surface area (Å²) in [6.45, 7) is -0.148. The molecule has 1 amide bonds. The third kappa shape index (κ3) is 3.41. The van der Waals surface area contributed by atoms with E-state index >= 15 is 0 Å². The van der Waals surface area contributed by atoms with Crippen LogP contribution in [0.15, 0.2) is 48.9 Å². The van der Waals surface area contributed by atoms with Crippen molar-refractivity contribution in [2.45, 2.75) is 6.54 Å². The Kier molecular flexibility index (Phi) is 4.25. The number of aromatic nitrogens is 4. The molecule has 0 spiro atoms. The van der Waals surface area contributed by atoms with Gasteiger partial charge in [0.1, 0.15) is 6.54 Å². The van der Waals surface area contributed by atoms with Crippen LogP contribution in [0.2, 0.25) is 5.02 Å². The molecular formula is C14H11ClN6O3. The Morgan fingerprint density at radius 1 is 1.33 bits per heavy atom. The molecule has 3 aromatic rings. The maximum Gasteiger partial charge on any atom is 0.389 e. The second kappa shape index (κ2) is 6.50. The lowest BCUT2D eigenvalue weighted by Crippen LogP contribution is -2.18. The van der Waals surface area contributed by atoms with Crippen LogP contribution in [0.1, 0.15) is 0 Å². The van der Waals surface area contributed by atoms with E-state index in [1.807, 2.05) is 6.07 Å². The van der Waals surface area contributed by atoms with E-state index in [1.165, 1.54) is 27.8 Å². The summed E-state index contributed by atoms with van der Waals surface area (Å²) in [5, 5.41) is 21.6. The summed E-state index contributed by atoms with van der Waals surface area (Å²) in [6, 6.07) is 8.39. The lowest BCUT2D eigenvalue weighted by Gasteiger charge is -2.03. The van der Waals surface area contributed by atoms with Crippen LogP contribution in [0.25, 0.3) is 5.69 Å². The van der Waals surface area contributed by atoms with Gasteiger partial charge in [-0.1, -0.05) is 23.7 Å². The number of benzene rings is 1. The van der Waals surface area contributed by atoms with Gasteiger partial charge >= 0.3 is 5.82 Å². The average molecular weight is 347 g/mol. The number of carbonyl (C=O) groups is 1. The van der Waals surface area contributed by atoms with Crippen LogP contribution in [-0.2, 0) is 11.3 Å². The molecule has 0 saturated heterocycles. The molecule has 0 radical (unpaired) electrons. The molecule has 1 N–H and O–H groups in total. The quantitative estimate of drug-likeness (QED) is 0.563. The molecular weight excluding hydrogens is 336 g/mol. The van der Waals surface area contributed by atoms with Crippen molar-refractivity contribution in [2.24, 2.45) is 0 Å². The van der Waals surface area contributed by atoms with Gasteiger partial charge in [-0.05, 0) is 17.1 Å². The SMILES string of the molecule is O=C(Cn1ccc([N+](=O)[O-])n1)Nc1cnn(-c2ccccc2Cl)c1. The van der Waals surface area contributed by atoms with Crippen molar-refractivity contribution in [1.29, 1.82) is 0 Å². The minimum Gasteiger partial charge on any atom is -0.358 e. The van der Waals surface area contributed by atoms with Gasteiger partial charge in [0.15, 0.2) is 0 Å². The number of carbonyl (C=O) groups excluding carboxylic acids is 1. The third-order valence-corrected chi connectivity index (χ3v) is 3.40. The second-order valence-electron chi connectivity index (χ2n) is 4.80. The maximum atomic E-state index is 12.0. The normalized spacial score (nSPS) is 10.5. The van der Waals surface area contributed by atoms with E-state index in [1.54, 1.807) is 24.4 Å². The number of nitrogens with zero attached hydrogens (tertiary/aromatic N) is 5. The largest absolute Gasteiger partial charge is 0.389 e. The van der Waals surface area contributed by atoms with Gasteiger partial charge in [0.05, 0.1) is 46.2 Å². The molecule has 2 heterocycles. The second-order valence-corrected chi connectivity index (χ2v) is 5.21. The van der Waals surface area contributed by atoms with Crippen molar-refractivity contribution in [3.05, 3.63) is 64.1 Å². The Balaban J connectivity index is 1.67. The zero-order chi connectivity index (χ0) is 17.1. The molecule has 0 atom stereocenters. The molecule has 24 heavy (non-hydrogen) atoms. The van der Waals surface area contributed by atoms with Crippen LogP contribution in [-0.4, -0.2) is 30.4 Å². The highest BCUT2D eigenvalue weighted by Gasteiger charge is 2.14. The lowest BCUT2D eigenvalue weighted by molar-refractivity contribution is -0.389. The molecule has 9 nitrogen and oxygen atoms in total. The number of para-hydroxylation sites is 1. The zero-order valence-electron chi connectivity index (χ0n) is 12.2. The highest BCUT2D eigenvalue weighted by Crippen LogP contribution is 2.20. The Bertz CT molecular complexity index is 903. The van der Waals surface area contributed by atoms with Crippen molar-refractivity contribution in [3.8, 4) is 5.69 Å². The Morgan fingerprint density at radius 3 is 2.83 bits per heavy atom. The van der Waals surface area contributed by atoms with Crippen LogP contribution in [0, 0.1) is 10.1 Å². The van der Waals surface area contributed by atoms with Crippen LogP contribution < -0.4 is 5.32 Å². The smallest absolute Gasteiger partial charge is 0.358 e. The fourth-order valence-corrected chi connectivity index (χ4v) is 2.26. The summed E-state index contributed by atoms with van der Waals surface area (Å²) < 4.78 is 2.72. The molecule has 0 unspecified atom stereocenters. The minimum absolute atomic E-state index is 0.148. The number of nitro groups is 1. The first kappa shape index (κ1) is 15.7. The maximum absolute atomic E-state index is 12.0. The topological polar surface area (TPSA) is 108 Å². The predicted molar refractivity (Wildman–Crippen MR) is 86.1 cm³/mol. The standard InChI is InChI=1S/C14H11ClN6O3/c15-11-3-1-2-4-12(11)20-8-10(7-16-20)17-14(22)9-19-6-5-13(18-19)21(23)24/h1-8H,9H2,(H,17,22). The Labute approximate surface area is 140 Å². The van der Waals surface area contributed by atoms with E-state index in [0.29, 0.717) is 16.4 Å². The van der Waals surface area contributed by atoms with Gasteiger partial charge in [0.25, 0.3) is 0 Å². The number of halogens is 1. The molecule has 122 valence electrons. The molecule has 10 heteroatoms. The summed E-state index contributed by atoms with van der Waals surface area (Å²) in [6.07, 6.45) is 4.46. The number of nitrogens with one attached hydrogen (secondary N) is 1. The molecule has 0 aliphatic heterocycles. The summed E-state index contributed by atoms with van der Waals surface area (Å²) in [5.41, 5.74) is 1.16. The molecule has 3 rings (SSSR count). The van der Waals surface area contributed by atoms with Gasteiger partial charge in [-0.25, -0.2) is 4.68 Å². The first-order valence-electron chi connectivity index (χ1n) is 6.80. The average Bonchev–Trinajstić information content (AvgIpc) is 3.17. The van der Waals surface area contributed by atoms with Gasteiger partial charge in [0.2, 0.25) is 5.91 Å². The first-order chi connectivity index (χ1) is 11.5. The van der Waals surface area contributed by atoms with Crippen molar-refractivity contribution >= 4 is 29.0 Å². The summed E-state index contributed by atoms with van der Waals surface area (Å²) in [4.78, 5) is 21.9. The van der Waals surface area contributed by atoms with Crippen LogP contribution in [0.5, 0.6) is 0 Å². The van der Waals surface area contributed by atoms with Gasteiger partial charge in [-0.2, -0.15) is 9.78 Å². The summed E-state index contributed by atoms with van der Waals surface area (Å²) in [5.74, 6) is -0.693. The number of rotatable bonds is 5. The Hall–Kier alpha value is -3.20. The van der Waals surface area contributed by atoms with Gasteiger partial charge in [-0.15, -0.1) is 0 Å². The predicted octanol–water partition coefficient (Wildman–Crippen LogP) is 2.27. The number of amides is 1. The highest BCUT2D eigenvalue weighted by atomic mass is 35.5. The Morgan fingerprint density at radius 2 is 2.12 bits per heavy atom. The van der Waals surface area contributed by atoms with Crippen molar-refractivity contribution in [2.75, 3.05) is 5.32 Å². The van der Waals surface area contributed by atoms with E-state index in [2.05, 4.69) is 15.5 Å². The molecule has 0 aliphatic rings. The number of anilines is 1. The zero-order valence-corrected chi connectivity index (χ0v) is 12.9. The monoisotopic (exact) mass is 346 g/mol. The number of hydrogen-bond donors (Lipinski definition) is 1. The lowest BCUT2D eigenvalue weighted by atomic mass is 10.3. The highest BCUT2D eigenvalue weighted by molar-refractivity contribution is 6.32. The van der Waals surface area contributed by atoms with E-state index in [-0.39, 0.29) is 18.3 Å². The first-order valence-corrected chi connectivity index (χ1v) is 7.18. The molecule has 0 fully saturated rings. The van der Waals surface area contributed by atoms with Crippen LogP contribution >= 0.6 is 11.6 Å². The van der Waals surface area contributed by atoms with Gasteiger partial charge in [0, 0.05) is 0 Å². The molecule has 0 saturated carbocycles. The fourth-order valence-electron chi connectivity index (χ4n) is 2.04. The van der Waals surface area contributed by atoms with Crippen molar-refractivity contribution < 1.29 is 9.72 Å². The third-order valence-electron chi connectivity index (χ3n) is 3.08. The van der Waals surface area contributed by atoms with E-state index in [0.717, 1.165) is 0 Å². The minimum atomic E-state index is -0.623. The van der Waals surface area contributed by atoms with Gasteiger partial charge in [-0.3, -0.25) is 4.79 Å². The summed E-state index contributed by atoms with van der Waals surface area (Å²) >= 11 is 6.09. The van der Waals surface area contributed by atoms with Crippen molar-refractivity contribution in [3.63, 3.8) is 0 Å². The van der Waals surface area contributed by atoms with Crippen LogP contribution in [0.3, 0.4) is 0 Å². The van der Waals surface area contributed by atoms with Crippen molar-refractivity contribution in [1.82, 2.24) is 19.6 Å². The summed E-state index contributed by atoms with van der Waals surface area (Å²) in [7, 11) is 0. The molecule has 0 aliphatic carbocycles. The van der Waals surface area contributed by atoms with Crippen LogP contribution in [0.4, 0.5) is 11.5 Å². The fraction of sp³-hybridized carbons (Fsp3) is 0.0714. The van der Waals surface area contributed by atoms with E-state index < -0.39 is 4.92 Å². The molecule has 2 aromatic heterocycles. The number of hydrogen-bond acceptors (Lipinski definition) is 5. The van der Waals surface area contributed by atoms with E-state index in [9.17, 15) is 14.9 Å². The molecule has 1 aromatic carbocycles.